The van der Waals surface area contributed by atoms with Crippen LogP contribution in [0.2, 0.25) is 0 Å². The number of nitrogens with zero attached hydrogens (tertiary/aromatic N) is 2. The molecule has 5 rings (SSSR count). The number of ether oxygens (including phenoxy) is 1. The molecule has 0 radical (unpaired) electrons. The number of carbonyl (C=O) groups is 3. The number of anilines is 1. The van der Waals surface area contributed by atoms with Crippen molar-refractivity contribution in [2.24, 2.45) is 0 Å². The summed E-state index contributed by atoms with van der Waals surface area (Å²) in [6, 6.07) is 21.5. The van der Waals surface area contributed by atoms with Crippen LogP contribution in [0.15, 0.2) is 89.9 Å². The summed E-state index contributed by atoms with van der Waals surface area (Å²) in [6.07, 6.45) is 0.733. The molecule has 0 aliphatic carbocycles. The number of hydrogen-bond acceptors (Lipinski definition) is 6. The number of esters is 1. The molecule has 36 heavy (non-hydrogen) atoms. The maximum absolute atomic E-state index is 14.0. The van der Waals surface area contributed by atoms with E-state index < -0.39 is 35.4 Å². The highest BCUT2D eigenvalue weighted by Crippen LogP contribution is 2.45. The number of fused-ring (bicyclic) bond motifs is 1. The first-order chi connectivity index (χ1) is 17.5. The standard InChI is InChI=1S/C27H23FN2O4S2/c1-17(31)30(21-13-8-14-35-21)22-25(32)29-16-20(15-28)24(36-26(22)29)27(33)34-23(18-9-4-2-5-10-18)19-11-6-3-7-12-19/h2-14,16,22-24,26H,15H2,1H3/t22?,24?,26-/m1/s1. The largest absolute Gasteiger partial charge is 0.451 e. The molecule has 9 heteroatoms. The molecule has 0 bridgehead atoms. The lowest BCUT2D eigenvalue weighted by Gasteiger charge is -2.51. The highest BCUT2D eigenvalue weighted by molar-refractivity contribution is 8.01. The Hall–Kier alpha value is -3.43. The molecule has 2 aliphatic rings. The number of amides is 2. The second kappa shape index (κ2) is 10.3. The smallest absolute Gasteiger partial charge is 0.324 e. The van der Waals surface area contributed by atoms with Crippen LogP contribution >= 0.6 is 23.1 Å². The quantitative estimate of drug-likeness (QED) is 0.325. The van der Waals surface area contributed by atoms with Crippen LogP contribution in [0.1, 0.15) is 24.2 Å². The van der Waals surface area contributed by atoms with Crippen LogP contribution in [0.3, 0.4) is 0 Å². The molecule has 1 aromatic heterocycles. The first-order valence-corrected chi connectivity index (χ1v) is 13.2. The molecule has 3 atom stereocenters. The van der Waals surface area contributed by atoms with E-state index in [0.29, 0.717) is 5.00 Å². The summed E-state index contributed by atoms with van der Waals surface area (Å²) in [5.74, 6) is -1.17. The average Bonchev–Trinajstić information content (AvgIpc) is 3.44. The number of β-lactam (4-membered cyclic amide) rings is 1. The van der Waals surface area contributed by atoms with Gasteiger partial charge in [-0.2, -0.15) is 0 Å². The van der Waals surface area contributed by atoms with Crippen molar-refractivity contribution >= 4 is 45.9 Å². The monoisotopic (exact) mass is 522 g/mol. The van der Waals surface area contributed by atoms with Crippen molar-refractivity contribution in [3.05, 3.63) is 101 Å². The van der Waals surface area contributed by atoms with Crippen LogP contribution in [0, 0.1) is 0 Å². The minimum absolute atomic E-state index is 0.165. The third-order valence-electron chi connectivity index (χ3n) is 6.14. The Kier molecular flexibility index (Phi) is 6.93. The molecule has 3 aromatic rings. The minimum atomic E-state index is -0.945. The zero-order valence-electron chi connectivity index (χ0n) is 19.3. The van der Waals surface area contributed by atoms with Gasteiger partial charge in [0.05, 0.1) is 5.00 Å². The fourth-order valence-corrected chi connectivity index (χ4v) is 6.66. The number of rotatable bonds is 7. The number of thioether (sulfide) groups is 1. The molecule has 1 saturated heterocycles. The molecule has 2 aliphatic heterocycles. The Balaban J connectivity index is 1.42. The first-order valence-electron chi connectivity index (χ1n) is 11.4. The van der Waals surface area contributed by atoms with E-state index in [4.69, 9.17) is 4.74 Å². The molecule has 6 nitrogen and oxygen atoms in total. The van der Waals surface area contributed by atoms with E-state index in [9.17, 15) is 18.8 Å². The lowest BCUT2D eigenvalue weighted by molar-refractivity contribution is -0.147. The highest BCUT2D eigenvalue weighted by Gasteiger charge is 2.56. The van der Waals surface area contributed by atoms with E-state index >= 15 is 0 Å². The van der Waals surface area contributed by atoms with Crippen molar-refractivity contribution in [2.75, 3.05) is 11.6 Å². The first kappa shape index (κ1) is 24.3. The molecule has 1 fully saturated rings. The summed E-state index contributed by atoms with van der Waals surface area (Å²) in [5, 5.41) is 1.00. The number of thiophene rings is 1. The van der Waals surface area contributed by atoms with Crippen LogP contribution < -0.4 is 4.90 Å². The topological polar surface area (TPSA) is 66.9 Å². The number of halogens is 1. The van der Waals surface area contributed by atoms with E-state index in [1.807, 2.05) is 66.0 Å². The lowest BCUT2D eigenvalue weighted by Crippen LogP contribution is -2.70. The van der Waals surface area contributed by atoms with Crippen LogP contribution in [0.4, 0.5) is 9.39 Å². The second-order valence-electron chi connectivity index (χ2n) is 8.41. The third-order valence-corrected chi connectivity index (χ3v) is 8.54. The van der Waals surface area contributed by atoms with Gasteiger partial charge in [-0.05, 0) is 28.6 Å². The van der Waals surface area contributed by atoms with Gasteiger partial charge in [0.2, 0.25) is 5.91 Å². The van der Waals surface area contributed by atoms with Crippen LogP contribution in [0.5, 0.6) is 0 Å². The zero-order valence-corrected chi connectivity index (χ0v) is 21.0. The number of benzene rings is 2. The van der Waals surface area contributed by atoms with Gasteiger partial charge in [-0.3, -0.25) is 19.3 Å². The summed E-state index contributed by atoms with van der Waals surface area (Å²) < 4.78 is 20.0. The Morgan fingerprint density at radius 1 is 1.03 bits per heavy atom. The van der Waals surface area contributed by atoms with Gasteiger partial charge >= 0.3 is 5.97 Å². The molecule has 0 spiro atoms. The normalized spacial score (nSPS) is 20.9. The fraction of sp³-hybridized carbons (Fsp3) is 0.222. The Morgan fingerprint density at radius 2 is 1.67 bits per heavy atom. The van der Waals surface area contributed by atoms with Crippen LogP contribution in [-0.2, 0) is 19.1 Å². The Bertz CT molecular complexity index is 1240. The zero-order chi connectivity index (χ0) is 25.2. The summed E-state index contributed by atoms with van der Waals surface area (Å²) >= 11 is 2.49. The van der Waals surface area contributed by atoms with Crippen molar-refractivity contribution in [2.45, 2.75) is 29.7 Å². The molecular weight excluding hydrogens is 499 g/mol. The van der Waals surface area contributed by atoms with Gasteiger partial charge in [0, 0.05) is 18.7 Å². The third kappa shape index (κ3) is 4.44. The molecule has 2 amide bonds. The van der Waals surface area contributed by atoms with Gasteiger partial charge < -0.3 is 9.64 Å². The predicted octanol–water partition coefficient (Wildman–Crippen LogP) is 4.94. The summed E-state index contributed by atoms with van der Waals surface area (Å²) in [7, 11) is 0. The maximum Gasteiger partial charge on any atom is 0.324 e. The van der Waals surface area contributed by atoms with E-state index in [-0.39, 0.29) is 17.4 Å². The summed E-state index contributed by atoms with van der Waals surface area (Å²) in [5.41, 5.74) is 1.75. The van der Waals surface area contributed by atoms with Gasteiger partial charge in [0.15, 0.2) is 6.10 Å². The molecule has 2 unspecified atom stereocenters. The van der Waals surface area contributed by atoms with Crippen LogP contribution in [-0.4, -0.2) is 46.0 Å². The second-order valence-corrected chi connectivity index (χ2v) is 10.6. The van der Waals surface area contributed by atoms with Crippen molar-refractivity contribution in [3.8, 4) is 0 Å². The average molecular weight is 523 g/mol. The van der Waals surface area contributed by atoms with E-state index in [0.717, 1.165) is 22.9 Å². The number of hydrogen-bond donors (Lipinski definition) is 0. The van der Waals surface area contributed by atoms with Crippen molar-refractivity contribution < 1.29 is 23.5 Å². The van der Waals surface area contributed by atoms with Gasteiger partial charge in [-0.25, -0.2) is 4.39 Å². The van der Waals surface area contributed by atoms with Crippen molar-refractivity contribution in [3.63, 3.8) is 0 Å². The van der Waals surface area contributed by atoms with Crippen molar-refractivity contribution in [1.29, 1.82) is 0 Å². The maximum atomic E-state index is 14.0. The molecule has 2 aromatic carbocycles. The minimum Gasteiger partial charge on any atom is -0.451 e. The summed E-state index contributed by atoms with van der Waals surface area (Å²) in [4.78, 5) is 41.8. The molecule has 0 saturated carbocycles. The number of alkyl halides is 1. The van der Waals surface area contributed by atoms with Gasteiger partial charge in [-0.15, -0.1) is 23.1 Å². The SMILES string of the molecule is CC(=O)N(c1cccs1)C1C(=O)N2C=C(CF)C(C(=O)OC(c3ccccc3)c3ccccc3)S[C@H]12. The van der Waals surface area contributed by atoms with E-state index in [2.05, 4.69) is 0 Å². The van der Waals surface area contributed by atoms with Crippen LogP contribution in [0.25, 0.3) is 0 Å². The molecule has 184 valence electrons. The van der Waals surface area contributed by atoms with E-state index in [1.54, 1.807) is 12.1 Å². The fourth-order valence-electron chi connectivity index (χ4n) is 4.43. The molecule has 0 N–H and O–H groups in total. The van der Waals surface area contributed by atoms with Gasteiger partial charge in [0.25, 0.3) is 5.91 Å². The highest BCUT2D eigenvalue weighted by atomic mass is 32.2. The van der Waals surface area contributed by atoms with Gasteiger partial charge in [-0.1, -0.05) is 60.7 Å². The van der Waals surface area contributed by atoms with Gasteiger partial charge in [0.1, 0.15) is 23.3 Å². The lowest BCUT2D eigenvalue weighted by atomic mass is 10.0. The summed E-state index contributed by atoms with van der Waals surface area (Å²) in [6.45, 7) is 0.513. The number of carbonyl (C=O) groups excluding carboxylic acids is 3. The van der Waals surface area contributed by atoms with Crippen molar-refractivity contribution in [1.82, 2.24) is 4.90 Å². The Labute approximate surface area is 216 Å². The molecular formula is C27H23FN2O4S2. The molecule has 3 heterocycles. The predicted molar refractivity (Wildman–Crippen MR) is 138 cm³/mol. The Morgan fingerprint density at radius 3 is 2.19 bits per heavy atom. The van der Waals surface area contributed by atoms with E-state index in [1.165, 1.54) is 34.3 Å².